The molecule has 1 aromatic carbocycles. The van der Waals surface area contributed by atoms with Crippen LogP contribution < -0.4 is 4.74 Å². The summed E-state index contributed by atoms with van der Waals surface area (Å²) in [6, 6.07) is 15.8. The molecule has 0 unspecified atom stereocenters. The highest BCUT2D eigenvalue weighted by Crippen LogP contribution is 2.33. The Labute approximate surface area is 215 Å². The number of hydrogen-bond acceptors (Lipinski definition) is 8. The highest BCUT2D eigenvalue weighted by molar-refractivity contribution is 6.33. The van der Waals surface area contributed by atoms with E-state index in [1.54, 1.807) is 16.9 Å². The lowest BCUT2D eigenvalue weighted by molar-refractivity contribution is 0.00706. The molecule has 2 N–H and O–H groups in total. The van der Waals surface area contributed by atoms with Crippen LogP contribution in [0.25, 0.3) is 39.4 Å². The van der Waals surface area contributed by atoms with Gasteiger partial charge in [0.2, 0.25) is 0 Å². The van der Waals surface area contributed by atoms with Crippen LogP contribution in [-0.2, 0) is 9.47 Å². The summed E-state index contributed by atoms with van der Waals surface area (Å²) in [4.78, 5) is 16.8. The number of imidazole rings is 1. The molecule has 7 rings (SSSR count). The third kappa shape index (κ3) is 4.04. The Morgan fingerprint density at radius 2 is 1.81 bits per heavy atom. The minimum Gasteiger partial charge on any atom is -0.456 e. The highest BCUT2D eigenvalue weighted by Gasteiger charge is 2.48. The Bertz CT molecular complexity index is 1560. The highest BCUT2D eigenvalue weighted by atomic mass is 35.5. The first-order valence-electron chi connectivity index (χ1n) is 11.8. The standard InChI is InChI=1S/C26H21ClN6O4/c27-17-10-18-25(32-26(30-18)37-20-13-36-23-19(34)12-35-24(20)23)31-22(17)15-4-2-14(3-5-15)16-6-7-21(28-11-16)33-9-1-8-29-33/h1-11,19-20,23-24,34H,12-13H2,(H,30,31,32)/t19-,20-,23-,24-/m1/s1. The Morgan fingerprint density at radius 3 is 2.59 bits per heavy atom. The fourth-order valence-electron chi connectivity index (χ4n) is 4.76. The van der Waals surface area contributed by atoms with Crippen molar-refractivity contribution in [2.45, 2.75) is 24.4 Å². The van der Waals surface area contributed by atoms with Crippen molar-refractivity contribution >= 4 is 22.8 Å². The van der Waals surface area contributed by atoms with Gasteiger partial charge in [-0.3, -0.25) is 0 Å². The molecule has 0 saturated carbocycles. The Morgan fingerprint density at radius 1 is 1.00 bits per heavy atom. The zero-order valence-electron chi connectivity index (χ0n) is 19.4. The molecule has 4 aromatic heterocycles. The number of aromatic amines is 1. The maximum atomic E-state index is 9.94. The Kier molecular flexibility index (Phi) is 5.40. The lowest BCUT2D eigenvalue weighted by atomic mass is 10.0. The van der Waals surface area contributed by atoms with E-state index in [2.05, 4.69) is 25.0 Å². The number of aliphatic hydroxyl groups excluding tert-OH is 1. The first-order chi connectivity index (χ1) is 18.1. The molecule has 2 aliphatic rings. The second-order valence-electron chi connectivity index (χ2n) is 8.98. The normalized spacial score (nSPS) is 23.0. The van der Waals surface area contributed by atoms with E-state index in [4.69, 9.17) is 25.8 Å². The Hall–Kier alpha value is -3.83. The van der Waals surface area contributed by atoms with Gasteiger partial charge in [-0.2, -0.15) is 10.1 Å². The number of benzene rings is 1. The fraction of sp³-hybridized carbons (Fsp3) is 0.231. The van der Waals surface area contributed by atoms with E-state index in [0.29, 0.717) is 34.5 Å². The minimum atomic E-state index is -0.638. The van der Waals surface area contributed by atoms with Gasteiger partial charge in [0.1, 0.15) is 18.3 Å². The van der Waals surface area contributed by atoms with E-state index in [1.165, 1.54) is 0 Å². The molecule has 0 spiro atoms. The number of aromatic nitrogens is 6. The van der Waals surface area contributed by atoms with Gasteiger partial charge in [-0.05, 0) is 29.8 Å². The van der Waals surface area contributed by atoms with Gasteiger partial charge in [0, 0.05) is 29.7 Å². The first kappa shape index (κ1) is 22.4. The largest absolute Gasteiger partial charge is 0.456 e. The van der Waals surface area contributed by atoms with E-state index < -0.39 is 6.10 Å². The number of H-pyrrole nitrogens is 1. The molecular weight excluding hydrogens is 496 g/mol. The monoisotopic (exact) mass is 516 g/mol. The van der Waals surface area contributed by atoms with Crippen molar-refractivity contribution in [2.75, 3.05) is 13.2 Å². The van der Waals surface area contributed by atoms with Gasteiger partial charge in [-0.15, -0.1) is 0 Å². The average Bonchev–Trinajstić information content (AvgIpc) is 3.71. The van der Waals surface area contributed by atoms with Crippen LogP contribution in [0.4, 0.5) is 0 Å². The molecule has 0 radical (unpaired) electrons. The van der Waals surface area contributed by atoms with Crippen molar-refractivity contribution in [1.82, 2.24) is 29.7 Å². The van der Waals surface area contributed by atoms with E-state index in [1.807, 2.05) is 54.9 Å². The summed E-state index contributed by atoms with van der Waals surface area (Å²) in [5.74, 6) is 0.755. The zero-order chi connectivity index (χ0) is 24.9. The smallest absolute Gasteiger partial charge is 0.296 e. The van der Waals surface area contributed by atoms with E-state index in [0.717, 1.165) is 22.5 Å². The van der Waals surface area contributed by atoms with Gasteiger partial charge >= 0.3 is 0 Å². The second kappa shape index (κ2) is 8.93. The summed E-state index contributed by atoms with van der Waals surface area (Å²) in [6.07, 6.45) is 3.69. The van der Waals surface area contributed by atoms with Crippen LogP contribution in [0.5, 0.6) is 6.01 Å². The van der Waals surface area contributed by atoms with Crippen LogP contribution >= 0.6 is 11.6 Å². The maximum Gasteiger partial charge on any atom is 0.296 e. The molecule has 10 nitrogen and oxygen atoms in total. The number of nitrogens with one attached hydrogen (secondary N) is 1. The third-order valence-electron chi connectivity index (χ3n) is 6.63. The van der Waals surface area contributed by atoms with Crippen LogP contribution in [0.3, 0.4) is 0 Å². The molecule has 0 amide bonds. The molecule has 5 aromatic rings. The summed E-state index contributed by atoms with van der Waals surface area (Å²) in [7, 11) is 0. The topological polar surface area (TPSA) is 120 Å². The number of nitrogens with zero attached hydrogens (tertiary/aromatic N) is 5. The summed E-state index contributed by atoms with van der Waals surface area (Å²) >= 11 is 6.59. The number of pyridine rings is 2. The number of halogens is 1. The van der Waals surface area contributed by atoms with Crippen molar-refractivity contribution in [3.8, 4) is 34.2 Å². The molecule has 0 bridgehead atoms. The minimum absolute atomic E-state index is 0.238. The predicted octanol–water partition coefficient (Wildman–Crippen LogP) is 3.43. The molecule has 2 fully saturated rings. The Balaban J connectivity index is 1.11. The van der Waals surface area contributed by atoms with Crippen LogP contribution in [-0.4, -0.2) is 72.5 Å². The van der Waals surface area contributed by atoms with Gasteiger partial charge in [-0.25, -0.2) is 14.6 Å². The van der Waals surface area contributed by atoms with E-state index >= 15 is 0 Å². The first-order valence-corrected chi connectivity index (χ1v) is 12.2. The van der Waals surface area contributed by atoms with Crippen LogP contribution in [0, 0.1) is 0 Å². The molecule has 37 heavy (non-hydrogen) atoms. The predicted molar refractivity (Wildman–Crippen MR) is 135 cm³/mol. The van der Waals surface area contributed by atoms with E-state index in [-0.39, 0.29) is 24.9 Å². The van der Waals surface area contributed by atoms with Crippen LogP contribution in [0.1, 0.15) is 0 Å². The van der Waals surface area contributed by atoms with Crippen LogP contribution in [0.2, 0.25) is 5.02 Å². The van der Waals surface area contributed by atoms with Gasteiger partial charge in [-0.1, -0.05) is 35.9 Å². The summed E-state index contributed by atoms with van der Waals surface area (Å²) in [5.41, 5.74) is 4.64. The zero-order valence-corrected chi connectivity index (χ0v) is 20.1. The van der Waals surface area contributed by atoms with Crippen molar-refractivity contribution in [1.29, 1.82) is 0 Å². The molecule has 4 atom stereocenters. The number of fused-ring (bicyclic) bond motifs is 2. The molecule has 0 aliphatic carbocycles. The lowest BCUT2D eigenvalue weighted by Gasteiger charge is -2.15. The van der Waals surface area contributed by atoms with Gasteiger partial charge in [0.15, 0.2) is 17.6 Å². The second-order valence-corrected chi connectivity index (χ2v) is 9.39. The SMILES string of the molecule is O[C@@H]1CO[C@H]2[C@@H]1OC[C@H]2Oc1nc2nc(-c3ccc(-c4ccc(-n5cccn5)nc4)cc3)c(Cl)cc2[nH]1. The van der Waals surface area contributed by atoms with E-state index in [9.17, 15) is 5.11 Å². The van der Waals surface area contributed by atoms with Gasteiger partial charge in [0.05, 0.1) is 29.4 Å². The lowest BCUT2D eigenvalue weighted by Crippen LogP contribution is -2.34. The molecule has 6 heterocycles. The molecule has 11 heteroatoms. The third-order valence-corrected chi connectivity index (χ3v) is 6.92. The van der Waals surface area contributed by atoms with Gasteiger partial charge in [0.25, 0.3) is 6.01 Å². The number of rotatable bonds is 5. The van der Waals surface area contributed by atoms with Crippen LogP contribution in [0.15, 0.2) is 67.1 Å². The molecule has 186 valence electrons. The summed E-state index contributed by atoms with van der Waals surface area (Å²) < 4.78 is 18.9. The molecule has 2 saturated heterocycles. The molecule has 2 aliphatic heterocycles. The van der Waals surface area contributed by atoms with Crippen molar-refractivity contribution in [3.05, 3.63) is 72.1 Å². The number of ether oxygens (including phenoxy) is 3. The van der Waals surface area contributed by atoms with Crippen molar-refractivity contribution in [2.24, 2.45) is 0 Å². The van der Waals surface area contributed by atoms with Gasteiger partial charge < -0.3 is 24.3 Å². The maximum absolute atomic E-state index is 9.94. The van der Waals surface area contributed by atoms with Crippen molar-refractivity contribution < 1.29 is 19.3 Å². The number of aliphatic hydroxyl groups is 1. The summed E-state index contributed by atoms with van der Waals surface area (Å²) in [5, 5.41) is 14.6. The quantitative estimate of drug-likeness (QED) is 0.364. The average molecular weight is 517 g/mol. The fourth-order valence-corrected chi connectivity index (χ4v) is 5.02. The number of hydrogen-bond donors (Lipinski definition) is 2. The summed E-state index contributed by atoms with van der Waals surface area (Å²) in [6.45, 7) is 0.554. The molecular formula is C26H21ClN6O4. The van der Waals surface area contributed by atoms with Crippen molar-refractivity contribution in [3.63, 3.8) is 0 Å².